The SMILES string of the molecule is C[C@@]1(Cl)[C@H](O)[C@@H](CO[PH](=O)Oc2ccccc2)O[C@H]1n1cnc2c(=O)[nH]c(N)nc21. The van der Waals surface area contributed by atoms with Gasteiger partial charge in [0.05, 0.1) is 12.9 Å². The molecule has 11 nitrogen and oxygen atoms in total. The molecule has 1 aromatic carbocycles. The van der Waals surface area contributed by atoms with Crippen molar-refractivity contribution in [1.29, 1.82) is 0 Å². The lowest BCUT2D eigenvalue weighted by atomic mass is 10.0. The Bertz CT molecular complexity index is 1140. The molecular weight excluding hydrogens is 437 g/mol. The molecule has 1 unspecified atom stereocenters. The van der Waals surface area contributed by atoms with Crippen LogP contribution in [0.1, 0.15) is 13.2 Å². The van der Waals surface area contributed by atoms with E-state index in [1.807, 2.05) is 0 Å². The standard InChI is InChI=1S/C17H19ClN5O6P/c1-17(18)12(24)10(7-27-30(26)29-9-5-3-2-4-6-9)28-15(17)23-8-20-11-13(23)21-16(19)22-14(11)25/h2-6,8,10,12,15,24,30H,7H2,1H3,(H3,19,21,22,25)/t10-,12-,15-,17-/m1/s1. The first-order valence-corrected chi connectivity index (χ1v) is 10.5. The topological polar surface area (TPSA) is 155 Å². The Balaban J connectivity index is 1.51. The number of aromatic amines is 1. The number of aliphatic hydroxyl groups is 1. The van der Waals surface area contributed by atoms with Gasteiger partial charge in [-0.15, -0.1) is 11.6 Å². The Hall–Kier alpha value is -2.43. The Kier molecular flexibility index (Phi) is 5.56. The number of nitrogen functional groups attached to an aromatic ring is 1. The summed E-state index contributed by atoms with van der Waals surface area (Å²) in [4.78, 5) is 21.1. The Morgan fingerprint density at radius 1 is 1.43 bits per heavy atom. The number of benzene rings is 1. The predicted octanol–water partition coefficient (Wildman–Crippen LogP) is 1.44. The first-order chi connectivity index (χ1) is 14.3. The summed E-state index contributed by atoms with van der Waals surface area (Å²) < 4.78 is 29.8. The van der Waals surface area contributed by atoms with Crippen LogP contribution < -0.4 is 15.8 Å². The molecule has 0 spiro atoms. The van der Waals surface area contributed by atoms with Crippen molar-refractivity contribution in [3.8, 4) is 5.75 Å². The summed E-state index contributed by atoms with van der Waals surface area (Å²) in [6.07, 6.45) is -1.72. The van der Waals surface area contributed by atoms with Crippen molar-refractivity contribution in [1.82, 2.24) is 19.5 Å². The van der Waals surface area contributed by atoms with Gasteiger partial charge < -0.3 is 20.1 Å². The van der Waals surface area contributed by atoms with E-state index in [1.165, 1.54) is 10.9 Å². The molecule has 3 heterocycles. The van der Waals surface area contributed by atoms with Crippen LogP contribution in [-0.2, 0) is 13.8 Å². The summed E-state index contributed by atoms with van der Waals surface area (Å²) in [6.45, 7) is 1.34. The minimum Gasteiger partial charge on any atom is -0.426 e. The number of aromatic nitrogens is 4. The van der Waals surface area contributed by atoms with E-state index >= 15 is 0 Å². The van der Waals surface area contributed by atoms with Crippen molar-refractivity contribution >= 4 is 37.0 Å². The van der Waals surface area contributed by atoms with Gasteiger partial charge in [-0.25, -0.2) is 9.55 Å². The zero-order chi connectivity index (χ0) is 21.5. The molecule has 1 aliphatic rings. The van der Waals surface area contributed by atoms with E-state index in [0.29, 0.717) is 5.75 Å². The Morgan fingerprint density at radius 3 is 2.90 bits per heavy atom. The van der Waals surface area contributed by atoms with E-state index in [0.717, 1.165) is 0 Å². The van der Waals surface area contributed by atoms with Gasteiger partial charge in [0.15, 0.2) is 17.4 Å². The molecule has 4 N–H and O–H groups in total. The lowest BCUT2D eigenvalue weighted by Gasteiger charge is -2.26. The highest BCUT2D eigenvalue weighted by Crippen LogP contribution is 2.44. The fraction of sp³-hybridized carbons (Fsp3) is 0.353. The maximum Gasteiger partial charge on any atom is 0.367 e. The number of fused-ring (bicyclic) bond motifs is 1. The van der Waals surface area contributed by atoms with Crippen LogP contribution in [0.5, 0.6) is 5.75 Å². The molecule has 4 rings (SSSR count). The summed E-state index contributed by atoms with van der Waals surface area (Å²) in [6, 6.07) is 8.55. The number of hydrogen-bond donors (Lipinski definition) is 3. The zero-order valence-corrected chi connectivity index (χ0v) is 17.4. The van der Waals surface area contributed by atoms with Gasteiger partial charge in [-0.2, -0.15) is 4.98 Å². The van der Waals surface area contributed by atoms with Gasteiger partial charge in [0.25, 0.3) is 5.56 Å². The van der Waals surface area contributed by atoms with Gasteiger partial charge in [0.2, 0.25) is 5.95 Å². The highest BCUT2D eigenvalue weighted by atomic mass is 35.5. The van der Waals surface area contributed by atoms with E-state index in [2.05, 4.69) is 15.0 Å². The van der Waals surface area contributed by atoms with Gasteiger partial charge in [0, 0.05) is 0 Å². The molecule has 5 atom stereocenters. The predicted molar refractivity (Wildman–Crippen MR) is 109 cm³/mol. The number of hydrogen-bond acceptors (Lipinski definition) is 9. The highest BCUT2D eigenvalue weighted by molar-refractivity contribution is 7.33. The minimum atomic E-state index is -2.88. The van der Waals surface area contributed by atoms with Crippen molar-refractivity contribution in [3.05, 3.63) is 47.0 Å². The average Bonchev–Trinajstić information content (AvgIpc) is 3.20. The number of nitrogens with two attached hydrogens (primary N) is 1. The summed E-state index contributed by atoms with van der Waals surface area (Å²) in [7, 11) is -2.88. The van der Waals surface area contributed by atoms with E-state index in [1.54, 1.807) is 37.3 Å². The van der Waals surface area contributed by atoms with Crippen LogP contribution >= 0.6 is 19.9 Å². The minimum absolute atomic E-state index is 0.0516. The molecule has 30 heavy (non-hydrogen) atoms. The summed E-state index contributed by atoms with van der Waals surface area (Å²) >= 11 is 6.57. The third kappa shape index (κ3) is 3.82. The molecule has 1 aliphatic heterocycles. The van der Waals surface area contributed by atoms with Crippen molar-refractivity contribution < 1.29 is 23.5 Å². The summed E-state index contributed by atoms with van der Waals surface area (Å²) in [5.74, 6) is 0.300. The number of rotatable bonds is 6. The average molecular weight is 456 g/mol. The first kappa shape index (κ1) is 20.8. The zero-order valence-electron chi connectivity index (χ0n) is 15.7. The summed E-state index contributed by atoms with van der Waals surface area (Å²) in [5.41, 5.74) is 5.32. The number of imidazole rings is 1. The molecular formula is C17H19ClN5O6P. The normalized spacial score (nSPS) is 27.4. The number of halogens is 1. The number of nitrogens with zero attached hydrogens (tertiary/aromatic N) is 3. The van der Waals surface area contributed by atoms with Crippen LogP contribution in [0.3, 0.4) is 0 Å². The van der Waals surface area contributed by atoms with Crippen LogP contribution in [0.4, 0.5) is 5.95 Å². The second kappa shape index (κ2) is 8.01. The maximum absolute atomic E-state index is 12.1. The molecule has 13 heteroatoms. The molecule has 0 saturated carbocycles. The summed E-state index contributed by atoms with van der Waals surface area (Å²) in [5, 5.41) is 10.7. The fourth-order valence-corrected chi connectivity index (χ4v) is 4.21. The van der Waals surface area contributed by atoms with Crippen LogP contribution in [0.25, 0.3) is 11.2 Å². The molecule has 0 radical (unpaired) electrons. The van der Waals surface area contributed by atoms with E-state index in [-0.39, 0.29) is 23.7 Å². The largest absolute Gasteiger partial charge is 0.426 e. The molecule has 160 valence electrons. The van der Waals surface area contributed by atoms with Gasteiger partial charge in [-0.3, -0.25) is 18.9 Å². The number of ether oxygens (including phenoxy) is 1. The first-order valence-electron chi connectivity index (χ1n) is 8.92. The maximum atomic E-state index is 12.1. The molecule has 0 aliphatic carbocycles. The third-order valence-corrected chi connectivity index (χ3v) is 5.95. The van der Waals surface area contributed by atoms with Gasteiger partial charge >= 0.3 is 8.25 Å². The second-order valence-electron chi connectivity index (χ2n) is 6.87. The van der Waals surface area contributed by atoms with E-state index < -0.39 is 37.1 Å². The number of aliphatic hydroxyl groups excluding tert-OH is 1. The quantitative estimate of drug-likeness (QED) is 0.370. The lowest BCUT2D eigenvalue weighted by molar-refractivity contribution is -0.0392. The monoisotopic (exact) mass is 455 g/mol. The number of nitrogens with one attached hydrogen (secondary N) is 1. The molecule has 1 fully saturated rings. The van der Waals surface area contributed by atoms with E-state index in [9.17, 15) is 14.5 Å². The van der Waals surface area contributed by atoms with Gasteiger partial charge in [-0.1, -0.05) is 18.2 Å². The Labute approximate surface area is 175 Å². The van der Waals surface area contributed by atoms with Gasteiger partial charge in [0.1, 0.15) is 22.8 Å². The Morgan fingerprint density at radius 2 is 2.17 bits per heavy atom. The van der Waals surface area contributed by atoms with Crippen molar-refractivity contribution in [2.45, 2.75) is 30.2 Å². The fourth-order valence-electron chi connectivity index (χ4n) is 3.23. The van der Waals surface area contributed by atoms with Crippen molar-refractivity contribution in [2.75, 3.05) is 12.3 Å². The van der Waals surface area contributed by atoms with E-state index in [4.69, 9.17) is 31.1 Å². The van der Waals surface area contributed by atoms with Crippen LogP contribution in [0.2, 0.25) is 0 Å². The van der Waals surface area contributed by atoms with Crippen LogP contribution in [0.15, 0.2) is 41.5 Å². The van der Waals surface area contributed by atoms with Crippen molar-refractivity contribution in [2.24, 2.45) is 0 Å². The molecule has 1 saturated heterocycles. The number of anilines is 1. The molecule has 0 bridgehead atoms. The van der Waals surface area contributed by atoms with Crippen molar-refractivity contribution in [3.63, 3.8) is 0 Å². The molecule has 2 aromatic heterocycles. The molecule has 0 amide bonds. The third-order valence-electron chi connectivity index (χ3n) is 4.73. The number of H-pyrrole nitrogens is 1. The smallest absolute Gasteiger partial charge is 0.367 e. The second-order valence-corrected chi connectivity index (χ2v) is 8.68. The van der Waals surface area contributed by atoms with Crippen LogP contribution in [0, 0.1) is 0 Å². The number of alkyl halides is 1. The van der Waals surface area contributed by atoms with Crippen LogP contribution in [-0.4, -0.2) is 48.3 Å². The molecule has 3 aromatic rings. The number of para-hydroxylation sites is 1. The van der Waals surface area contributed by atoms with Gasteiger partial charge in [-0.05, 0) is 19.1 Å². The highest BCUT2D eigenvalue weighted by Gasteiger charge is 2.53. The lowest BCUT2D eigenvalue weighted by Crippen LogP contribution is -2.39.